The Morgan fingerprint density at radius 1 is 1.03 bits per heavy atom. The van der Waals surface area contributed by atoms with Gasteiger partial charge in [-0.2, -0.15) is 5.10 Å². The molecule has 152 valence electrons. The number of aromatic nitrogens is 4. The quantitative estimate of drug-likeness (QED) is 0.512. The lowest BCUT2D eigenvalue weighted by atomic mass is 10.1. The molecule has 1 fully saturated rings. The third kappa shape index (κ3) is 3.71. The van der Waals surface area contributed by atoms with Crippen LogP contribution in [0.4, 0.5) is 5.69 Å². The highest BCUT2D eigenvalue weighted by Crippen LogP contribution is 2.25. The van der Waals surface area contributed by atoms with Crippen LogP contribution in [-0.2, 0) is 11.2 Å². The van der Waals surface area contributed by atoms with Crippen molar-refractivity contribution < 1.29 is 9.47 Å². The second-order valence-corrected chi connectivity index (χ2v) is 7.25. The van der Waals surface area contributed by atoms with Gasteiger partial charge in [0.2, 0.25) is 5.88 Å². The SMILES string of the molecule is COc1ccc(-c2cccn3nc(Cc4ccc(N5CCOCC5)cc4)nc23)cn1. The van der Waals surface area contributed by atoms with Gasteiger partial charge in [0.15, 0.2) is 11.5 Å². The summed E-state index contributed by atoms with van der Waals surface area (Å²) < 4.78 is 12.4. The van der Waals surface area contributed by atoms with Gasteiger partial charge >= 0.3 is 0 Å². The van der Waals surface area contributed by atoms with Crippen molar-refractivity contribution in [1.29, 1.82) is 0 Å². The molecule has 0 bridgehead atoms. The molecule has 7 heteroatoms. The zero-order valence-electron chi connectivity index (χ0n) is 16.9. The largest absolute Gasteiger partial charge is 0.481 e. The van der Waals surface area contributed by atoms with E-state index in [0.29, 0.717) is 12.3 Å². The highest BCUT2D eigenvalue weighted by atomic mass is 16.5. The fraction of sp³-hybridized carbons (Fsp3) is 0.261. The van der Waals surface area contributed by atoms with Crippen molar-refractivity contribution in [3.8, 4) is 17.0 Å². The van der Waals surface area contributed by atoms with Gasteiger partial charge in [0.05, 0.1) is 20.3 Å². The number of fused-ring (bicyclic) bond motifs is 1. The molecule has 30 heavy (non-hydrogen) atoms. The normalized spacial score (nSPS) is 14.2. The minimum absolute atomic E-state index is 0.591. The Bertz CT molecular complexity index is 1130. The fourth-order valence-corrected chi connectivity index (χ4v) is 3.74. The van der Waals surface area contributed by atoms with E-state index in [1.54, 1.807) is 13.3 Å². The van der Waals surface area contributed by atoms with Gasteiger partial charge in [0, 0.05) is 54.8 Å². The van der Waals surface area contributed by atoms with Crippen molar-refractivity contribution in [3.05, 3.63) is 72.3 Å². The monoisotopic (exact) mass is 401 g/mol. The predicted octanol–water partition coefficient (Wildman–Crippen LogP) is 3.23. The maximum Gasteiger partial charge on any atom is 0.212 e. The maximum atomic E-state index is 5.44. The summed E-state index contributed by atoms with van der Waals surface area (Å²) in [7, 11) is 1.61. The van der Waals surface area contributed by atoms with Crippen LogP contribution in [0.25, 0.3) is 16.8 Å². The van der Waals surface area contributed by atoms with Crippen LogP contribution >= 0.6 is 0 Å². The topological polar surface area (TPSA) is 64.8 Å². The highest BCUT2D eigenvalue weighted by molar-refractivity contribution is 5.76. The van der Waals surface area contributed by atoms with E-state index in [9.17, 15) is 0 Å². The van der Waals surface area contributed by atoms with E-state index in [2.05, 4.69) is 39.2 Å². The minimum Gasteiger partial charge on any atom is -0.481 e. The molecule has 5 rings (SSSR count). The Morgan fingerprint density at radius 2 is 1.87 bits per heavy atom. The molecule has 1 aromatic carbocycles. The smallest absolute Gasteiger partial charge is 0.212 e. The summed E-state index contributed by atoms with van der Waals surface area (Å²) in [4.78, 5) is 11.5. The molecule has 0 N–H and O–H groups in total. The van der Waals surface area contributed by atoms with Crippen molar-refractivity contribution in [1.82, 2.24) is 19.6 Å². The Hall–Kier alpha value is -3.45. The first-order chi connectivity index (χ1) is 14.8. The molecule has 7 nitrogen and oxygen atoms in total. The van der Waals surface area contributed by atoms with E-state index in [4.69, 9.17) is 14.5 Å². The third-order valence-corrected chi connectivity index (χ3v) is 5.34. The number of rotatable bonds is 5. The van der Waals surface area contributed by atoms with Gasteiger partial charge in [-0.3, -0.25) is 0 Å². The predicted molar refractivity (Wildman–Crippen MR) is 115 cm³/mol. The van der Waals surface area contributed by atoms with Crippen molar-refractivity contribution in [2.75, 3.05) is 38.3 Å². The van der Waals surface area contributed by atoms with Crippen LogP contribution in [0, 0.1) is 0 Å². The van der Waals surface area contributed by atoms with Gasteiger partial charge < -0.3 is 14.4 Å². The second kappa shape index (κ2) is 8.12. The number of hydrogen-bond acceptors (Lipinski definition) is 6. The van der Waals surface area contributed by atoms with Crippen molar-refractivity contribution in [2.24, 2.45) is 0 Å². The van der Waals surface area contributed by atoms with Crippen molar-refractivity contribution in [2.45, 2.75) is 6.42 Å². The standard InChI is InChI=1S/C23H23N5O2/c1-29-22-9-6-18(16-24-22)20-3-2-10-28-23(20)25-21(26-28)15-17-4-7-19(8-5-17)27-11-13-30-14-12-27/h2-10,16H,11-15H2,1H3. The first-order valence-electron chi connectivity index (χ1n) is 10.1. The molecule has 0 radical (unpaired) electrons. The number of anilines is 1. The molecule has 0 atom stereocenters. The summed E-state index contributed by atoms with van der Waals surface area (Å²) in [6.45, 7) is 3.46. The van der Waals surface area contributed by atoms with Gasteiger partial charge in [-0.15, -0.1) is 0 Å². The lowest BCUT2D eigenvalue weighted by Gasteiger charge is -2.28. The average Bonchev–Trinajstić information content (AvgIpc) is 3.23. The molecule has 4 aromatic rings. The van der Waals surface area contributed by atoms with Crippen LogP contribution in [0.1, 0.15) is 11.4 Å². The number of ether oxygens (including phenoxy) is 2. The molecule has 0 saturated carbocycles. The summed E-state index contributed by atoms with van der Waals surface area (Å²) in [5, 5.41) is 4.67. The number of morpholine rings is 1. The van der Waals surface area contributed by atoms with Gasteiger partial charge in [0.1, 0.15) is 0 Å². The van der Waals surface area contributed by atoms with Gasteiger partial charge in [-0.1, -0.05) is 12.1 Å². The molecule has 0 unspecified atom stereocenters. The van der Waals surface area contributed by atoms with Crippen LogP contribution < -0.4 is 9.64 Å². The van der Waals surface area contributed by atoms with E-state index in [1.807, 2.05) is 35.0 Å². The Balaban J connectivity index is 1.38. The van der Waals surface area contributed by atoms with E-state index >= 15 is 0 Å². The summed E-state index contributed by atoms with van der Waals surface area (Å²) in [5.74, 6) is 1.39. The molecular formula is C23H23N5O2. The molecule has 1 aliphatic heterocycles. The molecule has 1 aliphatic rings. The van der Waals surface area contributed by atoms with Crippen LogP contribution in [0.2, 0.25) is 0 Å². The lowest BCUT2D eigenvalue weighted by molar-refractivity contribution is 0.122. The average molecular weight is 401 g/mol. The first-order valence-corrected chi connectivity index (χ1v) is 10.1. The second-order valence-electron chi connectivity index (χ2n) is 7.25. The van der Waals surface area contributed by atoms with Crippen LogP contribution in [0.3, 0.4) is 0 Å². The summed E-state index contributed by atoms with van der Waals surface area (Å²) in [6, 6.07) is 16.5. The number of methoxy groups -OCH3 is 1. The number of hydrogen-bond donors (Lipinski definition) is 0. The van der Waals surface area contributed by atoms with E-state index in [0.717, 1.165) is 48.9 Å². The van der Waals surface area contributed by atoms with Gasteiger partial charge in [-0.25, -0.2) is 14.5 Å². The molecule has 1 saturated heterocycles. The molecular weight excluding hydrogens is 378 g/mol. The summed E-state index contributed by atoms with van der Waals surface area (Å²) in [5.41, 5.74) is 5.23. The highest BCUT2D eigenvalue weighted by Gasteiger charge is 2.13. The Labute approximate surface area is 174 Å². The van der Waals surface area contributed by atoms with Crippen LogP contribution in [0.5, 0.6) is 5.88 Å². The summed E-state index contributed by atoms with van der Waals surface area (Å²) >= 11 is 0. The van der Waals surface area contributed by atoms with Gasteiger partial charge in [-0.05, 0) is 35.9 Å². The van der Waals surface area contributed by atoms with Crippen LogP contribution in [0.15, 0.2) is 60.9 Å². The molecule has 0 spiro atoms. The maximum absolute atomic E-state index is 5.44. The molecule has 0 aliphatic carbocycles. The fourth-order valence-electron chi connectivity index (χ4n) is 3.74. The van der Waals surface area contributed by atoms with E-state index in [1.165, 1.54) is 11.3 Å². The molecule has 4 heterocycles. The third-order valence-electron chi connectivity index (χ3n) is 5.34. The van der Waals surface area contributed by atoms with Crippen molar-refractivity contribution >= 4 is 11.3 Å². The first kappa shape index (κ1) is 18.6. The van der Waals surface area contributed by atoms with E-state index in [-0.39, 0.29) is 0 Å². The number of nitrogens with zero attached hydrogens (tertiary/aromatic N) is 5. The number of benzene rings is 1. The van der Waals surface area contributed by atoms with E-state index < -0.39 is 0 Å². The summed E-state index contributed by atoms with van der Waals surface area (Å²) in [6.07, 6.45) is 4.41. The Kier molecular flexibility index (Phi) is 5.03. The lowest BCUT2D eigenvalue weighted by Crippen LogP contribution is -2.36. The van der Waals surface area contributed by atoms with Crippen molar-refractivity contribution in [3.63, 3.8) is 0 Å². The van der Waals surface area contributed by atoms with Gasteiger partial charge in [0.25, 0.3) is 0 Å². The molecule has 0 amide bonds. The molecule has 3 aromatic heterocycles. The Morgan fingerprint density at radius 3 is 2.60 bits per heavy atom. The zero-order chi connectivity index (χ0) is 20.3. The number of pyridine rings is 2. The minimum atomic E-state index is 0.591. The van der Waals surface area contributed by atoms with Crippen LogP contribution in [-0.4, -0.2) is 53.0 Å². The zero-order valence-corrected chi connectivity index (χ0v) is 16.9.